The second kappa shape index (κ2) is 11.7. The molecule has 0 saturated carbocycles. The Bertz CT molecular complexity index is 688. The van der Waals surface area contributed by atoms with Gasteiger partial charge in [0, 0.05) is 38.0 Å². The van der Waals surface area contributed by atoms with Crippen LogP contribution in [-0.4, -0.2) is 36.8 Å². The highest BCUT2D eigenvalue weighted by molar-refractivity contribution is 14.0. The summed E-state index contributed by atoms with van der Waals surface area (Å²) in [5.74, 6) is 3.34. The van der Waals surface area contributed by atoms with E-state index in [0.717, 1.165) is 42.5 Å². The molecule has 0 amide bonds. The number of aryl methyl sites for hydroxylation is 1. The second-order valence-corrected chi connectivity index (χ2v) is 5.97. The predicted octanol–water partition coefficient (Wildman–Crippen LogP) is 3.12. The number of benzene rings is 1. The molecule has 8 heteroatoms. The smallest absolute Gasteiger partial charge is 0.226 e. The summed E-state index contributed by atoms with van der Waals surface area (Å²) in [4.78, 5) is 8.61. The Morgan fingerprint density at radius 2 is 2.04 bits per heavy atom. The normalized spacial score (nSPS) is 11.2. The van der Waals surface area contributed by atoms with Gasteiger partial charge in [-0.25, -0.2) is 0 Å². The molecule has 0 saturated heterocycles. The van der Waals surface area contributed by atoms with Crippen LogP contribution in [0.5, 0.6) is 5.75 Å². The van der Waals surface area contributed by atoms with Gasteiger partial charge in [-0.05, 0) is 12.5 Å². The van der Waals surface area contributed by atoms with Gasteiger partial charge >= 0.3 is 0 Å². The maximum atomic E-state index is 5.35. The monoisotopic (exact) mass is 473 g/mol. The number of aliphatic imine (C=N–C) groups is 1. The van der Waals surface area contributed by atoms with E-state index >= 15 is 0 Å². The van der Waals surface area contributed by atoms with Gasteiger partial charge in [0.1, 0.15) is 5.75 Å². The molecule has 7 nitrogen and oxygen atoms in total. The number of methoxy groups -OCH3 is 1. The van der Waals surface area contributed by atoms with Gasteiger partial charge < -0.3 is 19.9 Å². The van der Waals surface area contributed by atoms with Gasteiger partial charge in [0.05, 0.1) is 7.11 Å². The molecule has 2 rings (SSSR count). The van der Waals surface area contributed by atoms with Crippen molar-refractivity contribution in [2.45, 2.75) is 39.2 Å². The van der Waals surface area contributed by atoms with Crippen molar-refractivity contribution in [3.05, 3.63) is 41.5 Å². The van der Waals surface area contributed by atoms with Crippen LogP contribution in [0.2, 0.25) is 0 Å². The first-order chi connectivity index (χ1) is 12.1. The van der Waals surface area contributed by atoms with E-state index in [2.05, 4.69) is 25.8 Å². The number of hydrogen-bond acceptors (Lipinski definition) is 5. The number of nitrogens with one attached hydrogen (secondary N) is 2. The maximum Gasteiger partial charge on any atom is 0.226 e. The Morgan fingerprint density at radius 3 is 2.69 bits per heavy atom. The van der Waals surface area contributed by atoms with Crippen molar-refractivity contribution in [3.8, 4) is 5.75 Å². The molecular formula is C18H28IN5O2. The number of guanidine groups is 1. The molecule has 1 aromatic heterocycles. The highest BCUT2D eigenvalue weighted by atomic mass is 127. The molecule has 1 heterocycles. The zero-order chi connectivity index (χ0) is 18.1. The van der Waals surface area contributed by atoms with Crippen molar-refractivity contribution in [1.82, 2.24) is 20.8 Å². The zero-order valence-corrected chi connectivity index (χ0v) is 18.1. The summed E-state index contributed by atoms with van der Waals surface area (Å²) in [6.45, 7) is 5.51. The van der Waals surface area contributed by atoms with Crippen molar-refractivity contribution in [3.63, 3.8) is 0 Å². The van der Waals surface area contributed by atoms with E-state index < -0.39 is 0 Å². The summed E-state index contributed by atoms with van der Waals surface area (Å²) in [7, 11) is 3.43. The molecule has 0 fully saturated rings. The molecule has 0 radical (unpaired) electrons. The lowest BCUT2D eigenvalue weighted by Crippen LogP contribution is -2.37. The number of rotatable bonds is 8. The summed E-state index contributed by atoms with van der Waals surface area (Å²) in [5.41, 5.74) is 1.08. The minimum Gasteiger partial charge on any atom is -0.496 e. The molecule has 2 N–H and O–H groups in total. The Kier molecular flexibility index (Phi) is 10.0. The zero-order valence-electron chi connectivity index (χ0n) is 15.8. The summed E-state index contributed by atoms with van der Waals surface area (Å²) in [6.07, 6.45) is 1.63. The fraction of sp³-hybridized carbons (Fsp3) is 0.500. The van der Waals surface area contributed by atoms with E-state index in [0.29, 0.717) is 12.4 Å². The molecule has 0 aliphatic carbocycles. The van der Waals surface area contributed by atoms with Crippen molar-refractivity contribution in [2.75, 3.05) is 20.7 Å². The van der Waals surface area contributed by atoms with E-state index in [9.17, 15) is 0 Å². The molecule has 0 aliphatic rings. The van der Waals surface area contributed by atoms with Crippen LogP contribution in [0.3, 0.4) is 0 Å². The number of hydrogen-bond donors (Lipinski definition) is 2. The van der Waals surface area contributed by atoms with Gasteiger partial charge in [0.25, 0.3) is 0 Å². The predicted molar refractivity (Wildman–Crippen MR) is 113 cm³/mol. The number of nitrogens with zero attached hydrogens (tertiary/aromatic N) is 3. The number of aromatic nitrogens is 2. The minimum absolute atomic E-state index is 0. The van der Waals surface area contributed by atoms with Gasteiger partial charge in [-0.15, -0.1) is 24.0 Å². The first kappa shape index (κ1) is 22.2. The lowest BCUT2D eigenvalue weighted by Gasteiger charge is -2.13. The van der Waals surface area contributed by atoms with Gasteiger partial charge in [-0.2, -0.15) is 4.98 Å². The highest BCUT2D eigenvalue weighted by Gasteiger charge is 2.09. The van der Waals surface area contributed by atoms with E-state index in [4.69, 9.17) is 9.26 Å². The van der Waals surface area contributed by atoms with Crippen LogP contribution in [0.1, 0.15) is 43.5 Å². The maximum absolute atomic E-state index is 5.35. The first-order valence-corrected chi connectivity index (χ1v) is 8.53. The SMILES string of the molecule is CN=C(NCCCc1nc(C(C)C)no1)NCc1ccccc1OC.I. The van der Waals surface area contributed by atoms with Crippen LogP contribution in [-0.2, 0) is 13.0 Å². The lowest BCUT2D eigenvalue weighted by atomic mass is 10.2. The first-order valence-electron chi connectivity index (χ1n) is 8.53. The molecule has 0 bridgehead atoms. The molecular weight excluding hydrogens is 445 g/mol. The van der Waals surface area contributed by atoms with E-state index in [1.165, 1.54) is 0 Å². The van der Waals surface area contributed by atoms with Crippen molar-refractivity contribution in [2.24, 2.45) is 4.99 Å². The topological polar surface area (TPSA) is 84.6 Å². The third-order valence-corrected chi connectivity index (χ3v) is 3.72. The molecule has 0 unspecified atom stereocenters. The quantitative estimate of drug-likeness (QED) is 0.265. The third-order valence-electron chi connectivity index (χ3n) is 3.72. The molecule has 144 valence electrons. The fourth-order valence-electron chi connectivity index (χ4n) is 2.30. The van der Waals surface area contributed by atoms with Gasteiger partial charge in [-0.3, -0.25) is 4.99 Å². The van der Waals surface area contributed by atoms with Crippen LogP contribution in [0.15, 0.2) is 33.8 Å². The molecule has 0 aliphatic heterocycles. The summed E-state index contributed by atoms with van der Waals surface area (Å²) in [5, 5.41) is 10.5. The molecule has 26 heavy (non-hydrogen) atoms. The molecule has 0 atom stereocenters. The van der Waals surface area contributed by atoms with Crippen molar-refractivity contribution < 1.29 is 9.26 Å². The fourth-order valence-corrected chi connectivity index (χ4v) is 2.30. The third kappa shape index (κ3) is 6.81. The Balaban J connectivity index is 0.00000338. The van der Waals surface area contributed by atoms with E-state index in [1.807, 2.05) is 38.1 Å². The molecule has 1 aromatic carbocycles. The van der Waals surface area contributed by atoms with Gasteiger partial charge in [-0.1, -0.05) is 37.2 Å². The van der Waals surface area contributed by atoms with Crippen molar-refractivity contribution >= 4 is 29.9 Å². The highest BCUT2D eigenvalue weighted by Crippen LogP contribution is 2.16. The van der Waals surface area contributed by atoms with Crippen LogP contribution < -0.4 is 15.4 Å². The number of ether oxygens (including phenoxy) is 1. The summed E-state index contributed by atoms with van der Waals surface area (Å²) >= 11 is 0. The summed E-state index contributed by atoms with van der Waals surface area (Å²) < 4.78 is 10.6. The van der Waals surface area contributed by atoms with Gasteiger partial charge in [0.15, 0.2) is 11.8 Å². The Morgan fingerprint density at radius 1 is 1.27 bits per heavy atom. The van der Waals surface area contributed by atoms with Crippen LogP contribution in [0.25, 0.3) is 0 Å². The van der Waals surface area contributed by atoms with Crippen molar-refractivity contribution in [1.29, 1.82) is 0 Å². The molecule has 0 spiro atoms. The second-order valence-electron chi connectivity index (χ2n) is 5.97. The summed E-state index contributed by atoms with van der Waals surface area (Å²) in [6, 6.07) is 7.92. The number of para-hydroxylation sites is 1. The van der Waals surface area contributed by atoms with E-state index in [1.54, 1.807) is 14.2 Å². The average molecular weight is 473 g/mol. The average Bonchev–Trinajstić information content (AvgIpc) is 3.10. The largest absolute Gasteiger partial charge is 0.496 e. The van der Waals surface area contributed by atoms with Crippen LogP contribution in [0, 0.1) is 0 Å². The Hall–Kier alpha value is -1.84. The standard InChI is InChI=1S/C18H27N5O2.HI/c1-13(2)17-22-16(25-23-17)10-7-11-20-18(19-3)21-12-14-8-5-6-9-15(14)24-4;/h5-6,8-9,13H,7,10-12H2,1-4H3,(H2,19,20,21);1H. The van der Waals surface area contributed by atoms with Crippen LogP contribution >= 0.6 is 24.0 Å². The lowest BCUT2D eigenvalue weighted by molar-refractivity contribution is 0.368. The molecule has 2 aromatic rings. The minimum atomic E-state index is 0. The van der Waals surface area contributed by atoms with E-state index in [-0.39, 0.29) is 29.9 Å². The number of halogens is 1. The Labute approximate surface area is 172 Å². The van der Waals surface area contributed by atoms with Crippen LogP contribution in [0.4, 0.5) is 0 Å². The van der Waals surface area contributed by atoms with Gasteiger partial charge in [0.2, 0.25) is 5.89 Å².